The second kappa shape index (κ2) is 6.77. The first kappa shape index (κ1) is 16.7. The molecule has 0 unspecified atom stereocenters. The van der Waals surface area contributed by atoms with Gasteiger partial charge in [-0.1, -0.05) is 6.07 Å². The summed E-state index contributed by atoms with van der Waals surface area (Å²) in [6.45, 7) is 10.1. The van der Waals surface area contributed by atoms with Crippen molar-refractivity contribution >= 4 is 5.91 Å². The van der Waals surface area contributed by atoms with Gasteiger partial charge < -0.3 is 14.2 Å². The lowest BCUT2D eigenvalue weighted by molar-refractivity contribution is -0.0586. The predicted octanol–water partition coefficient (Wildman–Crippen LogP) is 2.80. The van der Waals surface area contributed by atoms with Gasteiger partial charge in [-0.2, -0.15) is 0 Å². The van der Waals surface area contributed by atoms with E-state index in [9.17, 15) is 4.79 Å². The molecule has 0 N–H and O–H groups in total. The van der Waals surface area contributed by atoms with Crippen LogP contribution in [0, 0.1) is 13.8 Å². The third-order valence-electron chi connectivity index (χ3n) is 4.56. The molecule has 5 nitrogen and oxygen atoms in total. The predicted molar refractivity (Wildman–Crippen MR) is 93.2 cm³/mol. The number of morpholine rings is 1. The van der Waals surface area contributed by atoms with Crippen molar-refractivity contribution in [1.82, 2.24) is 14.5 Å². The van der Waals surface area contributed by atoms with Crippen molar-refractivity contribution in [3.63, 3.8) is 0 Å². The highest BCUT2D eigenvalue weighted by Gasteiger charge is 2.28. The summed E-state index contributed by atoms with van der Waals surface area (Å²) in [4.78, 5) is 19.3. The zero-order chi connectivity index (χ0) is 17.3. The molecule has 3 rings (SSSR count). The first-order chi connectivity index (χ1) is 11.5. The number of carbonyl (C=O) groups excluding carboxylic acids is 1. The van der Waals surface area contributed by atoms with Gasteiger partial charge in [0.2, 0.25) is 0 Å². The van der Waals surface area contributed by atoms with Crippen LogP contribution in [0.4, 0.5) is 0 Å². The highest BCUT2D eigenvalue weighted by atomic mass is 16.5. The Morgan fingerprint density at radius 3 is 2.58 bits per heavy atom. The van der Waals surface area contributed by atoms with E-state index in [1.807, 2.05) is 56.9 Å². The van der Waals surface area contributed by atoms with Gasteiger partial charge in [-0.3, -0.25) is 9.78 Å². The number of hydrogen-bond acceptors (Lipinski definition) is 3. The van der Waals surface area contributed by atoms with Crippen molar-refractivity contribution in [1.29, 1.82) is 0 Å². The maximum atomic E-state index is 13.0. The van der Waals surface area contributed by atoms with E-state index in [1.165, 1.54) is 0 Å². The Morgan fingerprint density at radius 2 is 1.96 bits per heavy atom. The van der Waals surface area contributed by atoms with Gasteiger partial charge in [-0.15, -0.1) is 0 Å². The van der Waals surface area contributed by atoms with Crippen molar-refractivity contribution in [3.05, 3.63) is 53.1 Å². The van der Waals surface area contributed by atoms with Crippen LogP contribution < -0.4 is 0 Å². The SMILES string of the molecule is Cc1cc(C(=O)N2C[C@@H](C)O[C@@H](C)C2)c(C)n1Cc1ccccn1. The molecule has 1 amide bonds. The van der Waals surface area contributed by atoms with E-state index in [1.54, 1.807) is 6.20 Å². The summed E-state index contributed by atoms with van der Waals surface area (Å²) >= 11 is 0. The molecule has 2 aromatic rings. The standard InChI is InChI=1S/C19H25N3O2/c1-13-9-18(19(23)21-10-14(2)24-15(3)11-21)16(4)22(13)12-17-7-5-6-8-20-17/h5-9,14-15H,10-12H2,1-4H3/t14-,15+. The number of rotatable bonds is 3. The number of hydrogen-bond donors (Lipinski definition) is 0. The highest BCUT2D eigenvalue weighted by molar-refractivity contribution is 5.95. The summed E-state index contributed by atoms with van der Waals surface area (Å²) in [6.07, 6.45) is 1.95. The number of amides is 1. The average Bonchev–Trinajstić information content (AvgIpc) is 2.82. The highest BCUT2D eigenvalue weighted by Crippen LogP contribution is 2.21. The molecule has 1 aliphatic rings. The molecule has 128 valence electrons. The van der Waals surface area contributed by atoms with Gasteiger partial charge in [0.25, 0.3) is 5.91 Å². The van der Waals surface area contributed by atoms with Gasteiger partial charge in [-0.25, -0.2) is 0 Å². The first-order valence-electron chi connectivity index (χ1n) is 8.47. The molecule has 0 bridgehead atoms. The van der Waals surface area contributed by atoms with Crippen molar-refractivity contribution in [3.8, 4) is 0 Å². The van der Waals surface area contributed by atoms with E-state index in [-0.39, 0.29) is 18.1 Å². The van der Waals surface area contributed by atoms with Crippen molar-refractivity contribution in [2.45, 2.75) is 46.4 Å². The van der Waals surface area contributed by atoms with Crippen LogP contribution in [0.15, 0.2) is 30.5 Å². The summed E-state index contributed by atoms with van der Waals surface area (Å²) in [7, 11) is 0. The smallest absolute Gasteiger partial charge is 0.255 e. The lowest BCUT2D eigenvalue weighted by Gasteiger charge is -2.35. The Bertz CT molecular complexity index is 714. The first-order valence-corrected chi connectivity index (χ1v) is 8.47. The van der Waals surface area contributed by atoms with E-state index in [0.29, 0.717) is 19.6 Å². The van der Waals surface area contributed by atoms with Crippen molar-refractivity contribution < 1.29 is 9.53 Å². The number of carbonyl (C=O) groups is 1. The fourth-order valence-corrected chi connectivity index (χ4v) is 3.43. The van der Waals surface area contributed by atoms with E-state index in [0.717, 1.165) is 22.6 Å². The number of aryl methyl sites for hydroxylation is 1. The molecule has 0 radical (unpaired) electrons. The van der Waals surface area contributed by atoms with Gasteiger partial charge in [0.15, 0.2) is 0 Å². The van der Waals surface area contributed by atoms with Crippen molar-refractivity contribution in [2.24, 2.45) is 0 Å². The third-order valence-corrected chi connectivity index (χ3v) is 4.56. The molecule has 3 heterocycles. The van der Waals surface area contributed by atoms with Crippen LogP contribution in [0.2, 0.25) is 0 Å². The minimum atomic E-state index is 0.0784. The Hall–Kier alpha value is -2.14. The molecule has 1 saturated heterocycles. The van der Waals surface area contributed by atoms with Crippen LogP contribution >= 0.6 is 0 Å². The van der Waals surface area contributed by atoms with Gasteiger partial charge in [-0.05, 0) is 45.9 Å². The number of aromatic nitrogens is 2. The molecule has 24 heavy (non-hydrogen) atoms. The zero-order valence-corrected chi connectivity index (χ0v) is 14.8. The Kier molecular flexibility index (Phi) is 4.71. The molecule has 0 aromatic carbocycles. The molecule has 1 aliphatic heterocycles. The van der Waals surface area contributed by atoms with E-state index in [2.05, 4.69) is 9.55 Å². The minimum Gasteiger partial charge on any atom is -0.372 e. The Labute approximate surface area is 143 Å². The number of nitrogens with zero attached hydrogens (tertiary/aromatic N) is 3. The van der Waals surface area contributed by atoms with Crippen LogP contribution in [0.5, 0.6) is 0 Å². The zero-order valence-electron chi connectivity index (χ0n) is 14.8. The number of pyridine rings is 1. The molecule has 1 fully saturated rings. The van der Waals surface area contributed by atoms with E-state index in [4.69, 9.17) is 4.74 Å². The monoisotopic (exact) mass is 327 g/mol. The molecule has 0 saturated carbocycles. The number of ether oxygens (including phenoxy) is 1. The third kappa shape index (κ3) is 3.36. The quantitative estimate of drug-likeness (QED) is 0.871. The van der Waals surface area contributed by atoms with Crippen LogP contribution in [0.1, 0.15) is 41.3 Å². The van der Waals surface area contributed by atoms with E-state index >= 15 is 0 Å². The largest absolute Gasteiger partial charge is 0.372 e. The summed E-state index contributed by atoms with van der Waals surface area (Å²) in [5, 5.41) is 0. The summed E-state index contributed by atoms with van der Waals surface area (Å²) in [5.74, 6) is 0.0948. The molecule has 2 atom stereocenters. The average molecular weight is 327 g/mol. The fourth-order valence-electron chi connectivity index (χ4n) is 3.43. The van der Waals surface area contributed by atoms with Crippen LogP contribution in [-0.2, 0) is 11.3 Å². The van der Waals surface area contributed by atoms with Crippen LogP contribution in [0.3, 0.4) is 0 Å². The molecule has 2 aromatic heterocycles. The molecular formula is C19H25N3O2. The summed E-state index contributed by atoms with van der Waals surface area (Å²) in [6, 6.07) is 7.89. The summed E-state index contributed by atoms with van der Waals surface area (Å²) in [5.41, 5.74) is 3.85. The molecule has 0 spiro atoms. The maximum Gasteiger partial charge on any atom is 0.255 e. The molecule has 5 heteroatoms. The van der Waals surface area contributed by atoms with Crippen LogP contribution in [-0.4, -0.2) is 45.7 Å². The van der Waals surface area contributed by atoms with E-state index < -0.39 is 0 Å². The van der Waals surface area contributed by atoms with Crippen molar-refractivity contribution in [2.75, 3.05) is 13.1 Å². The lowest BCUT2D eigenvalue weighted by Crippen LogP contribution is -2.48. The minimum absolute atomic E-state index is 0.0784. The normalized spacial score (nSPS) is 21.1. The maximum absolute atomic E-state index is 13.0. The van der Waals surface area contributed by atoms with Gasteiger partial charge in [0.1, 0.15) is 0 Å². The second-order valence-electron chi connectivity index (χ2n) is 6.66. The van der Waals surface area contributed by atoms with Crippen LogP contribution in [0.25, 0.3) is 0 Å². The lowest BCUT2D eigenvalue weighted by atomic mass is 10.1. The van der Waals surface area contributed by atoms with Gasteiger partial charge in [0, 0.05) is 30.7 Å². The second-order valence-corrected chi connectivity index (χ2v) is 6.66. The summed E-state index contributed by atoms with van der Waals surface area (Å²) < 4.78 is 7.89. The Morgan fingerprint density at radius 1 is 1.25 bits per heavy atom. The molecule has 0 aliphatic carbocycles. The fraction of sp³-hybridized carbons (Fsp3) is 0.474. The Balaban J connectivity index is 1.84. The topological polar surface area (TPSA) is 47.4 Å². The van der Waals surface area contributed by atoms with Gasteiger partial charge in [0.05, 0.1) is 30.0 Å². The molecular weight excluding hydrogens is 302 g/mol. The van der Waals surface area contributed by atoms with Gasteiger partial charge >= 0.3 is 0 Å².